The van der Waals surface area contributed by atoms with E-state index in [9.17, 15) is 9.50 Å². The van der Waals surface area contributed by atoms with Crippen molar-refractivity contribution in [2.75, 3.05) is 19.6 Å². The molecule has 2 rings (SSSR count). The third-order valence-corrected chi connectivity index (χ3v) is 4.25. The lowest BCUT2D eigenvalue weighted by atomic mass is 9.85. The molecule has 0 saturated heterocycles. The average Bonchev–Trinajstić information content (AvgIpc) is 3.13. The van der Waals surface area contributed by atoms with Crippen LogP contribution in [0, 0.1) is 5.82 Å². The number of rotatable bonds is 7. The van der Waals surface area contributed by atoms with Gasteiger partial charge in [-0.2, -0.15) is 0 Å². The lowest BCUT2D eigenvalue weighted by molar-refractivity contribution is 0.0386. The molecule has 0 spiro atoms. The van der Waals surface area contributed by atoms with E-state index < -0.39 is 5.60 Å². The molecule has 150 valence electrons. The van der Waals surface area contributed by atoms with E-state index in [2.05, 4.69) is 29.5 Å². The zero-order chi connectivity index (χ0) is 19.2. The lowest BCUT2D eigenvalue weighted by Crippen LogP contribution is -2.45. The van der Waals surface area contributed by atoms with Crippen LogP contribution in [0.4, 0.5) is 4.39 Å². The van der Waals surface area contributed by atoms with Gasteiger partial charge in [-0.15, -0.1) is 24.0 Å². The summed E-state index contributed by atoms with van der Waals surface area (Å²) < 4.78 is 18.4. The average molecular weight is 489 g/mol. The minimum Gasteiger partial charge on any atom is -0.466 e. The van der Waals surface area contributed by atoms with Gasteiger partial charge in [0.25, 0.3) is 0 Å². The maximum Gasteiger partial charge on any atom is 0.191 e. The van der Waals surface area contributed by atoms with E-state index in [-0.39, 0.29) is 41.8 Å². The molecule has 0 aliphatic heterocycles. The van der Waals surface area contributed by atoms with Crippen LogP contribution in [-0.2, 0) is 11.0 Å². The van der Waals surface area contributed by atoms with E-state index in [1.807, 2.05) is 6.92 Å². The molecule has 0 saturated carbocycles. The molecular formula is C20H29FIN3O2. The number of aliphatic hydroxyl groups is 1. The fourth-order valence-corrected chi connectivity index (χ4v) is 2.54. The first kappa shape index (κ1) is 23.4. The number of halogens is 2. The molecule has 7 heteroatoms. The van der Waals surface area contributed by atoms with Gasteiger partial charge in [-0.05, 0) is 43.7 Å². The van der Waals surface area contributed by atoms with Crippen molar-refractivity contribution < 1.29 is 13.9 Å². The highest BCUT2D eigenvalue weighted by Gasteiger charge is 2.26. The minimum absolute atomic E-state index is 0. The summed E-state index contributed by atoms with van der Waals surface area (Å²) >= 11 is 0. The van der Waals surface area contributed by atoms with E-state index in [4.69, 9.17) is 4.42 Å². The number of benzene rings is 1. The molecule has 27 heavy (non-hydrogen) atoms. The van der Waals surface area contributed by atoms with Crippen LogP contribution in [0.25, 0.3) is 0 Å². The molecule has 1 aromatic heterocycles. The highest BCUT2D eigenvalue weighted by molar-refractivity contribution is 14.0. The lowest BCUT2D eigenvalue weighted by Gasteiger charge is -2.25. The summed E-state index contributed by atoms with van der Waals surface area (Å²) in [5.41, 5.74) is -0.382. The van der Waals surface area contributed by atoms with Crippen molar-refractivity contribution in [1.29, 1.82) is 0 Å². The molecule has 1 atom stereocenters. The van der Waals surface area contributed by atoms with Crippen molar-refractivity contribution in [3.8, 4) is 0 Å². The first-order valence-corrected chi connectivity index (χ1v) is 8.79. The largest absolute Gasteiger partial charge is 0.466 e. The maximum atomic E-state index is 13.1. The van der Waals surface area contributed by atoms with Crippen LogP contribution < -0.4 is 10.6 Å². The van der Waals surface area contributed by atoms with Crippen LogP contribution >= 0.6 is 24.0 Å². The molecular weight excluding hydrogens is 460 g/mol. The summed E-state index contributed by atoms with van der Waals surface area (Å²) in [6, 6.07) is 9.98. The molecule has 0 aliphatic rings. The second-order valence-corrected chi connectivity index (χ2v) is 7.19. The number of hydrogen-bond acceptors (Lipinski definition) is 3. The van der Waals surface area contributed by atoms with Crippen molar-refractivity contribution in [3.05, 3.63) is 59.8 Å². The fourth-order valence-electron chi connectivity index (χ4n) is 2.54. The zero-order valence-electron chi connectivity index (χ0n) is 16.3. The number of aliphatic imine (C=N–C) groups is 1. The Bertz CT molecular complexity index is 713. The van der Waals surface area contributed by atoms with Crippen molar-refractivity contribution in [1.82, 2.24) is 10.6 Å². The summed E-state index contributed by atoms with van der Waals surface area (Å²) in [6.07, 6.45) is 1.54. The second-order valence-electron chi connectivity index (χ2n) is 7.19. The standard InChI is InChI=1S/C20H28FN3O2.HI/c1-5-22-18(24-14-20(4,25)17-7-6-12-26-17)23-13-19(2,3)15-8-10-16(21)11-9-15;/h6-12,25H,5,13-14H2,1-4H3,(H2,22,23,24);1H. The molecule has 1 heterocycles. The van der Waals surface area contributed by atoms with Gasteiger partial charge < -0.3 is 20.2 Å². The first-order chi connectivity index (χ1) is 12.2. The van der Waals surface area contributed by atoms with Gasteiger partial charge in [-0.1, -0.05) is 26.0 Å². The van der Waals surface area contributed by atoms with E-state index in [0.717, 1.165) is 5.56 Å². The number of nitrogens with one attached hydrogen (secondary N) is 2. The third-order valence-electron chi connectivity index (χ3n) is 4.25. The number of hydrogen-bond donors (Lipinski definition) is 3. The van der Waals surface area contributed by atoms with Gasteiger partial charge in [0.15, 0.2) is 5.96 Å². The fraction of sp³-hybridized carbons (Fsp3) is 0.450. The van der Waals surface area contributed by atoms with E-state index >= 15 is 0 Å². The molecule has 1 aromatic carbocycles. The van der Waals surface area contributed by atoms with E-state index in [1.54, 1.807) is 31.2 Å². The number of nitrogens with zero attached hydrogens (tertiary/aromatic N) is 1. The van der Waals surface area contributed by atoms with Gasteiger partial charge in [0.05, 0.1) is 19.4 Å². The summed E-state index contributed by atoms with van der Waals surface area (Å²) in [4.78, 5) is 4.63. The molecule has 3 N–H and O–H groups in total. The van der Waals surface area contributed by atoms with Crippen LogP contribution in [0.2, 0.25) is 0 Å². The van der Waals surface area contributed by atoms with E-state index in [1.165, 1.54) is 18.4 Å². The van der Waals surface area contributed by atoms with Gasteiger partial charge in [-0.3, -0.25) is 4.99 Å². The van der Waals surface area contributed by atoms with Gasteiger partial charge >= 0.3 is 0 Å². The van der Waals surface area contributed by atoms with Gasteiger partial charge in [0.1, 0.15) is 17.2 Å². The normalized spacial score (nSPS) is 14.2. The van der Waals surface area contributed by atoms with E-state index in [0.29, 0.717) is 24.8 Å². The summed E-state index contributed by atoms with van der Waals surface area (Å²) in [5.74, 6) is 0.852. The molecule has 1 unspecified atom stereocenters. The topological polar surface area (TPSA) is 69.8 Å². The monoisotopic (exact) mass is 489 g/mol. The summed E-state index contributed by atoms with van der Waals surface area (Å²) in [5, 5.41) is 16.9. The van der Waals surface area contributed by atoms with Crippen LogP contribution in [0.1, 0.15) is 39.0 Å². The van der Waals surface area contributed by atoms with Crippen LogP contribution in [0.15, 0.2) is 52.1 Å². The molecule has 2 aromatic rings. The summed E-state index contributed by atoms with van der Waals surface area (Å²) in [6.45, 7) is 9.25. The highest BCUT2D eigenvalue weighted by atomic mass is 127. The second kappa shape index (κ2) is 10.1. The Labute approximate surface area is 177 Å². The third kappa shape index (κ3) is 6.80. The van der Waals surface area contributed by atoms with Crippen molar-refractivity contribution >= 4 is 29.9 Å². The smallest absolute Gasteiger partial charge is 0.191 e. The molecule has 0 amide bonds. The molecule has 0 bridgehead atoms. The predicted octanol–water partition coefficient (Wildman–Crippen LogP) is 3.78. The molecule has 5 nitrogen and oxygen atoms in total. The van der Waals surface area contributed by atoms with Crippen LogP contribution in [-0.4, -0.2) is 30.7 Å². The molecule has 0 fully saturated rings. The number of guanidine groups is 1. The van der Waals surface area contributed by atoms with Crippen LogP contribution in [0.3, 0.4) is 0 Å². The van der Waals surface area contributed by atoms with Gasteiger partial charge in [-0.25, -0.2) is 4.39 Å². The Kier molecular flexibility index (Phi) is 8.74. The minimum atomic E-state index is -1.15. The molecule has 0 radical (unpaired) electrons. The Hall–Kier alpha value is -1.61. The van der Waals surface area contributed by atoms with Crippen molar-refractivity contribution in [2.24, 2.45) is 4.99 Å². The predicted molar refractivity (Wildman–Crippen MR) is 117 cm³/mol. The van der Waals surface area contributed by atoms with Gasteiger partial charge in [0, 0.05) is 12.0 Å². The van der Waals surface area contributed by atoms with Gasteiger partial charge in [0.2, 0.25) is 0 Å². The Morgan fingerprint density at radius 2 is 1.81 bits per heavy atom. The number of furan rings is 1. The maximum absolute atomic E-state index is 13.1. The highest BCUT2D eigenvalue weighted by Crippen LogP contribution is 2.24. The Morgan fingerprint density at radius 3 is 2.37 bits per heavy atom. The zero-order valence-corrected chi connectivity index (χ0v) is 18.6. The van der Waals surface area contributed by atoms with Crippen LogP contribution in [0.5, 0.6) is 0 Å². The molecule has 0 aliphatic carbocycles. The van der Waals surface area contributed by atoms with Crippen molar-refractivity contribution in [3.63, 3.8) is 0 Å². The Balaban J connectivity index is 0.00000364. The Morgan fingerprint density at radius 1 is 1.15 bits per heavy atom. The van der Waals surface area contributed by atoms with Crippen molar-refractivity contribution in [2.45, 2.75) is 38.7 Å². The first-order valence-electron chi connectivity index (χ1n) is 8.79. The summed E-state index contributed by atoms with van der Waals surface area (Å²) in [7, 11) is 0. The quantitative estimate of drug-likeness (QED) is 0.315. The SMILES string of the molecule is CCNC(=NCC(C)(C)c1ccc(F)cc1)NCC(C)(O)c1ccco1.I.